The van der Waals surface area contributed by atoms with E-state index in [1.807, 2.05) is 61.1 Å². The van der Waals surface area contributed by atoms with Crippen LogP contribution in [0, 0.1) is 0 Å². The Morgan fingerprint density at radius 1 is 1.28 bits per heavy atom. The molecule has 2 rings (SSSR count). The molecule has 0 fully saturated rings. The van der Waals surface area contributed by atoms with Crippen LogP contribution in [-0.4, -0.2) is 29.4 Å². The van der Waals surface area contributed by atoms with Gasteiger partial charge in [0.2, 0.25) is 0 Å². The molecule has 0 radical (unpaired) electrons. The molecule has 18 heavy (non-hydrogen) atoms. The van der Waals surface area contributed by atoms with Gasteiger partial charge in [-0.2, -0.15) is 0 Å². The maximum Gasteiger partial charge on any atom is 0.170 e. The van der Waals surface area contributed by atoms with Crippen molar-refractivity contribution < 1.29 is 4.79 Å². The number of hydrogen-bond donors (Lipinski definition) is 0. The topological polar surface area (TPSA) is 38.1 Å². The van der Waals surface area contributed by atoms with Crippen LogP contribution >= 0.6 is 0 Å². The van der Waals surface area contributed by atoms with Gasteiger partial charge in [0.25, 0.3) is 0 Å². The minimum Gasteiger partial charge on any atom is -0.378 e. The smallest absolute Gasteiger partial charge is 0.170 e. The molecule has 4 nitrogen and oxygen atoms in total. The lowest BCUT2D eigenvalue weighted by atomic mass is 10.1. The minimum absolute atomic E-state index is 0.0922. The van der Waals surface area contributed by atoms with Gasteiger partial charge in [0, 0.05) is 44.8 Å². The Kier molecular flexibility index (Phi) is 3.46. The first-order valence-corrected chi connectivity index (χ1v) is 5.84. The molecule has 0 N–H and O–H groups in total. The zero-order valence-corrected chi connectivity index (χ0v) is 10.9. The summed E-state index contributed by atoms with van der Waals surface area (Å²) in [6.07, 6.45) is 3.89. The lowest BCUT2D eigenvalue weighted by molar-refractivity contribution is 0.0990. The molecule has 0 aliphatic heterocycles. The molecular weight excluding hydrogens is 226 g/mol. The lowest BCUT2D eigenvalue weighted by Gasteiger charge is -2.12. The minimum atomic E-state index is 0.0922. The van der Waals surface area contributed by atoms with Gasteiger partial charge in [-0.05, 0) is 24.3 Å². The molecular formula is C14H17N3O. The van der Waals surface area contributed by atoms with E-state index in [9.17, 15) is 4.79 Å². The van der Waals surface area contributed by atoms with Crippen LogP contribution < -0.4 is 4.90 Å². The Balaban J connectivity index is 2.12. The number of aromatic nitrogens is 2. The van der Waals surface area contributed by atoms with E-state index in [2.05, 4.69) is 4.98 Å². The Bertz CT molecular complexity index is 540. The fraction of sp³-hybridized carbons (Fsp3) is 0.286. The van der Waals surface area contributed by atoms with Crippen molar-refractivity contribution in [3.8, 4) is 0 Å². The number of nitrogens with zero attached hydrogens (tertiary/aromatic N) is 3. The molecule has 4 heteroatoms. The summed E-state index contributed by atoms with van der Waals surface area (Å²) >= 11 is 0. The van der Waals surface area contributed by atoms with E-state index in [4.69, 9.17) is 0 Å². The van der Waals surface area contributed by atoms with Crippen molar-refractivity contribution in [3.05, 3.63) is 48.0 Å². The summed E-state index contributed by atoms with van der Waals surface area (Å²) in [4.78, 5) is 18.2. The highest BCUT2D eigenvalue weighted by Crippen LogP contribution is 2.13. The van der Waals surface area contributed by atoms with Crippen molar-refractivity contribution >= 4 is 11.5 Å². The number of aryl methyl sites for hydroxylation is 1. The second-order valence-corrected chi connectivity index (χ2v) is 4.50. The third kappa shape index (κ3) is 2.59. The maximum atomic E-state index is 12.1. The van der Waals surface area contributed by atoms with Crippen LogP contribution in [0.5, 0.6) is 0 Å². The van der Waals surface area contributed by atoms with Crippen molar-refractivity contribution in [2.75, 3.05) is 19.0 Å². The summed E-state index contributed by atoms with van der Waals surface area (Å²) in [6.45, 7) is 0. The average Bonchev–Trinajstić information content (AvgIpc) is 2.75. The highest BCUT2D eigenvalue weighted by atomic mass is 16.1. The summed E-state index contributed by atoms with van der Waals surface area (Å²) in [6, 6.07) is 7.62. The van der Waals surface area contributed by atoms with Crippen LogP contribution in [0.25, 0.3) is 0 Å². The molecule has 0 saturated heterocycles. The average molecular weight is 243 g/mol. The van der Waals surface area contributed by atoms with Gasteiger partial charge in [-0.25, -0.2) is 4.98 Å². The van der Waals surface area contributed by atoms with Crippen molar-refractivity contribution in [1.82, 2.24) is 9.55 Å². The number of imidazole rings is 1. The number of hydrogen-bond acceptors (Lipinski definition) is 3. The van der Waals surface area contributed by atoms with Crippen LogP contribution in [0.3, 0.4) is 0 Å². The van der Waals surface area contributed by atoms with Crippen molar-refractivity contribution in [1.29, 1.82) is 0 Å². The van der Waals surface area contributed by atoms with E-state index < -0.39 is 0 Å². The molecule has 0 saturated carbocycles. The first-order chi connectivity index (χ1) is 8.58. The van der Waals surface area contributed by atoms with Crippen LogP contribution in [0.1, 0.15) is 16.2 Å². The molecule has 0 spiro atoms. The van der Waals surface area contributed by atoms with Gasteiger partial charge in [0.05, 0.1) is 6.42 Å². The van der Waals surface area contributed by atoms with Crippen molar-refractivity contribution in [2.24, 2.45) is 7.05 Å². The zero-order valence-electron chi connectivity index (χ0n) is 10.9. The number of carbonyl (C=O) groups is 1. The predicted molar refractivity (Wildman–Crippen MR) is 72.0 cm³/mol. The summed E-state index contributed by atoms with van der Waals surface area (Å²) in [5.74, 6) is 0.881. The van der Waals surface area contributed by atoms with Gasteiger partial charge in [-0.1, -0.05) is 0 Å². The van der Waals surface area contributed by atoms with Gasteiger partial charge < -0.3 is 9.47 Å². The number of rotatable bonds is 4. The SMILES string of the molecule is CN(C)c1ccc(C(=O)Cc2nccn2C)cc1. The lowest BCUT2D eigenvalue weighted by Crippen LogP contribution is -2.10. The zero-order chi connectivity index (χ0) is 13.1. The van der Waals surface area contributed by atoms with Gasteiger partial charge in [-0.15, -0.1) is 0 Å². The van der Waals surface area contributed by atoms with E-state index in [0.717, 1.165) is 17.1 Å². The Morgan fingerprint density at radius 3 is 2.44 bits per heavy atom. The van der Waals surface area contributed by atoms with Gasteiger partial charge >= 0.3 is 0 Å². The molecule has 94 valence electrons. The van der Waals surface area contributed by atoms with E-state index in [-0.39, 0.29) is 5.78 Å². The third-order valence-electron chi connectivity index (χ3n) is 2.95. The number of ketones is 1. The summed E-state index contributed by atoms with van der Waals surface area (Å²) < 4.78 is 1.87. The van der Waals surface area contributed by atoms with Crippen LogP contribution in [0.15, 0.2) is 36.7 Å². The number of Topliss-reactive ketones (excluding diaryl/α,β-unsaturated/α-hetero) is 1. The highest BCUT2D eigenvalue weighted by molar-refractivity contribution is 5.97. The molecule has 2 aromatic rings. The Morgan fingerprint density at radius 2 is 1.94 bits per heavy atom. The van der Waals surface area contributed by atoms with E-state index in [1.165, 1.54) is 0 Å². The van der Waals surface area contributed by atoms with Crippen LogP contribution in [-0.2, 0) is 13.5 Å². The maximum absolute atomic E-state index is 12.1. The monoisotopic (exact) mass is 243 g/mol. The number of carbonyl (C=O) groups excluding carboxylic acids is 1. The molecule has 0 unspecified atom stereocenters. The largest absolute Gasteiger partial charge is 0.378 e. The number of anilines is 1. The fourth-order valence-corrected chi connectivity index (χ4v) is 1.76. The first-order valence-electron chi connectivity index (χ1n) is 5.84. The summed E-state index contributed by atoms with van der Waals surface area (Å²) in [5.41, 5.74) is 1.81. The molecule has 0 aliphatic rings. The molecule has 0 aliphatic carbocycles. The van der Waals surface area contributed by atoms with E-state index in [0.29, 0.717) is 6.42 Å². The molecule has 1 aromatic carbocycles. The summed E-state index contributed by atoms with van der Waals surface area (Å²) in [7, 11) is 5.85. The molecule has 0 atom stereocenters. The van der Waals surface area contributed by atoms with E-state index in [1.54, 1.807) is 6.20 Å². The van der Waals surface area contributed by atoms with Gasteiger partial charge in [-0.3, -0.25) is 4.79 Å². The van der Waals surface area contributed by atoms with Gasteiger partial charge in [0.1, 0.15) is 5.82 Å². The quantitative estimate of drug-likeness (QED) is 0.770. The first kappa shape index (κ1) is 12.4. The normalized spacial score (nSPS) is 10.4. The second kappa shape index (κ2) is 5.04. The Labute approximate surface area is 107 Å². The molecule has 1 aromatic heterocycles. The Hall–Kier alpha value is -2.10. The standard InChI is InChI=1S/C14H17N3O/c1-16(2)12-6-4-11(5-7-12)13(18)10-14-15-8-9-17(14)3/h4-9H,10H2,1-3H3. The third-order valence-corrected chi connectivity index (χ3v) is 2.95. The van der Waals surface area contributed by atoms with Crippen molar-refractivity contribution in [3.63, 3.8) is 0 Å². The number of benzene rings is 1. The molecule has 0 bridgehead atoms. The summed E-state index contributed by atoms with van der Waals surface area (Å²) in [5, 5.41) is 0. The second-order valence-electron chi connectivity index (χ2n) is 4.50. The van der Waals surface area contributed by atoms with E-state index >= 15 is 0 Å². The van der Waals surface area contributed by atoms with Gasteiger partial charge in [0.15, 0.2) is 5.78 Å². The molecule has 0 amide bonds. The fourth-order valence-electron chi connectivity index (χ4n) is 1.76. The van der Waals surface area contributed by atoms with Crippen LogP contribution in [0.2, 0.25) is 0 Å². The highest BCUT2D eigenvalue weighted by Gasteiger charge is 2.10. The van der Waals surface area contributed by atoms with Crippen LogP contribution in [0.4, 0.5) is 5.69 Å². The molecule has 1 heterocycles. The predicted octanol–water partition coefficient (Wildman–Crippen LogP) is 1.91. The van der Waals surface area contributed by atoms with Crippen molar-refractivity contribution in [2.45, 2.75) is 6.42 Å².